The van der Waals surface area contributed by atoms with Gasteiger partial charge in [-0.3, -0.25) is 4.79 Å². The number of rotatable bonds is 7. The number of hydrogen-bond donors (Lipinski definition) is 1. The molecule has 4 nitrogen and oxygen atoms in total. The molecule has 0 spiro atoms. The quantitative estimate of drug-likeness (QED) is 0.840. The van der Waals surface area contributed by atoms with Crippen LogP contribution in [0.3, 0.4) is 0 Å². The van der Waals surface area contributed by atoms with Crippen LogP contribution in [0.4, 0.5) is 0 Å². The highest BCUT2D eigenvalue weighted by Crippen LogP contribution is 2.14. The van der Waals surface area contributed by atoms with Gasteiger partial charge in [0.05, 0.1) is 28.9 Å². The van der Waals surface area contributed by atoms with Gasteiger partial charge in [-0.15, -0.1) is 11.8 Å². The van der Waals surface area contributed by atoms with E-state index in [0.717, 1.165) is 34.1 Å². The van der Waals surface area contributed by atoms with Crippen molar-refractivity contribution >= 4 is 41.0 Å². The molecule has 1 amide bonds. The lowest BCUT2D eigenvalue weighted by molar-refractivity contribution is -0.118. The number of aromatic nitrogens is 2. The van der Waals surface area contributed by atoms with E-state index < -0.39 is 0 Å². The van der Waals surface area contributed by atoms with Crippen molar-refractivity contribution in [3.05, 3.63) is 46.2 Å². The minimum absolute atomic E-state index is 0.0443. The van der Waals surface area contributed by atoms with Crippen molar-refractivity contribution in [1.29, 1.82) is 0 Å². The molecule has 0 fully saturated rings. The van der Waals surface area contributed by atoms with E-state index in [1.54, 1.807) is 11.8 Å². The van der Waals surface area contributed by atoms with Gasteiger partial charge >= 0.3 is 0 Å². The van der Waals surface area contributed by atoms with E-state index in [2.05, 4.69) is 14.1 Å². The highest BCUT2D eigenvalue weighted by molar-refractivity contribution is 7.99. The lowest BCUT2D eigenvalue weighted by Gasteiger charge is -2.05. The van der Waals surface area contributed by atoms with Gasteiger partial charge in [-0.25, -0.2) is 0 Å². The van der Waals surface area contributed by atoms with Crippen LogP contribution in [0.25, 0.3) is 0 Å². The van der Waals surface area contributed by atoms with Gasteiger partial charge in [0, 0.05) is 17.3 Å². The maximum Gasteiger partial charge on any atom is 0.230 e. The maximum atomic E-state index is 11.7. The molecule has 0 saturated carbocycles. The summed E-state index contributed by atoms with van der Waals surface area (Å²) in [5, 5.41) is 3.63. The molecule has 0 aliphatic heterocycles. The van der Waals surface area contributed by atoms with Crippen molar-refractivity contribution in [2.45, 2.75) is 19.1 Å². The van der Waals surface area contributed by atoms with Crippen LogP contribution in [-0.4, -0.2) is 27.0 Å². The Kier molecular flexibility index (Phi) is 6.48. The van der Waals surface area contributed by atoms with Gasteiger partial charge in [0.25, 0.3) is 0 Å². The van der Waals surface area contributed by atoms with E-state index in [9.17, 15) is 4.79 Å². The number of thioether (sulfide) groups is 1. The van der Waals surface area contributed by atoms with Gasteiger partial charge in [0.1, 0.15) is 0 Å². The highest BCUT2D eigenvalue weighted by Gasteiger charge is 2.06. The fraction of sp³-hybridized carbons (Fsp3) is 0.357. The van der Waals surface area contributed by atoms with Crippen LogP contribution in [0.2, 0.25) is 5.02 Å². The molecule has 1 N–H and O–H groups in total. The standard InChI is InChI=1S/C14H16ClN3OS2/c1-10-13(18-21-17-10)8-20-9-14(19)16-6-5-11-3-2-4-12(15)7-11/h2-4,7H,5-6,8-9H2,1H3,(H,16,19). The zero-order valence-electron chi connectivity index (χ0n) is 11.6. The summed E-state index contributed by atoms with van der Waals surface area (Å²) in [4.78, 5) is 11.7. The summed E-state index contributed by atoms with van der Waals surface area (Å²) in [5.41, 5.74) is 3.05. The first-order chi connectivity index (χ1) is 10.1. The SMILES string of the molecule is Cc1nsnc1CSCC(=O)NCCc1cccc(Cl)c1. The van der Waals surface area contributed by atoms with E-state index >= 15 is 0 Å². The summed E-state index contributed by atoms with van der Waals surface area (Å²) < 4.78 is 8.30. The van der Waals surface area contributed by atoms with E-state index in [-0.39, 0.29) is 5.91 Å². The molecule has 1 aromatic carbocycles. The van der Waals surface area contributed by atoms with Crippen molar-refractivity contribution in [2.24, 2.45) is 0 Å². The molecule has 21 heavy (non-hydrogen) atoms. The smallest absolute Gasteiger partial charge is 0.230 e. The largest absolute Gasteiger partial charge is 0.355 e. The number of halogens is 1. The molecule has 0 bridgehead atoms. The molecule has 0 aliphatic rings. The van der Waals surface area contributed by atoms with Crippen molar-refractivity contribution < 1.29 is 4.79 Å². The van der Waals surface area contributed by atoms with E-state index in [1.165, 1.54) is 11.7 Å². The molecule has 2 aromatic rings. The summed E-state index contributed by atoms with van der Waals surface area (Å²) in [7, 11) is 0. The Balaban J connectivity index is 1.63. The Morgan fingerprint density at radius 2 is 2.29 bits per heavy atom. The molecule has 1 aromatic heterocycles. The fourth-order valence-corrected chi connectivity index (χ4v) is 3.43. The molecule has 0 atom stereocenters. The first kappa shape index (κ1) is 16.3. The molecule has 1 heterocycles. The van der Waals surface area contributed by atoms with Crippen LogP contribution >= 0.6 is 35.1 Å². The van der Waals surface area contributed by atoms with E-state index in [0.29, 0.717) is 12.3 Å². The van der Waals surface area contributed by atoms with E-state index in [4.69, 9.17) is 11.6 Å². The van der Waals surface area contributed by atoms with Gasteiger partial charge in [0.15, 0.2) is 0 Å². The predicted octanol–water partition coefficient (Wildman–Crippen LogP) is 3.09. The number of nitrogens with zero attached hydrogens (tertiary/aromatic N) is 2. The molecule has 2 rings (SSSR count). The zero-order valence-corrected chi connectivity index (χ0v) is 14.0. The molecule has 0 radical (unpaired) electrons. The molecule has 0 aliphatic carbocycles. The number of hydrogen-bond acceptors (Lipinski definition) is 5. The van der Waals surface area contributed by atoms with Crippen LogP contribution in [0.15, 0.2) is 24.3 Å². The minimum atomic E-state index is 0.0443. The second-order valence-corrected chi connectivity index (χ2v) is 6.47. The third-order valence-corrected chi connectivity index (χ3v) is 4.68. The van der Waals surface area contributed by atoms with Crippen LogP contribution in [0.5, 0.6) is 0 Å². The first-order valence-electron chi connectivity index (χ1n) is 6.52. The lowest BCUT2D eigenvalue weighted by atomic mass is 10.1. The molecule has 0 saturated heterocycles. The van der Waals surface area contributed by atoms with Gasteiger partial charge in [0.2, 0.25) is 5.91 Å². The summed E-state index contributed by atoms with van der Waals surface area (Å²) in [6, 6.07) is 7.68. The Morgan fingerprint density at radius 1 is 1.43 bits per heavy atom. The molecular weight excluding hydrogens is 326 g/mol. The molecular formula is C14H16ClN3OS2. The Labute approximate surface area is 137 Å². The lowest BCUT2D eigenvalue weighted by Crippen LogP contribution is -2.27. The Morgan fingerprint density at radius 3 is 3.00 bits per heavy atom. The highest BCUT2D eigenvalue weighted by atomic mass is 35.5. The maximum absolute atomic E-state index is 11.7. The Hall–Kier alpha value is -1.11. The predicted molar refractivity (Wildman–Crippen MR) is 89.0 cm³/mol. The van der Waals surface area contributed by atoms with Gasteiger partial charge in [-0.2, -0.15) is 8.75 Å². The van der Waals surface area contributed by atoms with Crippen molar-refractivity contribution in [1.82, 2.24) is 14.1 Å². The third kappa shape index (κ3) is 5.65. The minimum Gasteiger partial charge on any atom is -0.355 e. The van der Waals surface area contributed by atoms with Crippen LogP contribution < -0.4 is 5.32 Å². The zero-order chi connectivity index (χ0) is 15.1. The second-order valence-electron chi connectivity index (χ2n) is 4.52. The summed E-state index contributed by atoms with van der Waals surface area (Å²) in [6.07, 6.45) is 0.784. The third-order valence-electron chi connectivity index (χ3n) is 2.84. The second kappa shape index (κ2) is 8.36. The van der Waals surface area contributed by atoms with Gasteiger partial charge < -0.3 is 5.32 Å². The molecule has 0 unspecified atom stereocenters. The summed E-state index contributed by atoms with van der Waals surface area (Å²) >= 11 is 8.68. The topological polar surface area (TPSA) is 54.9 Å². The number of benzene rings is 1. The van der Waals surface area contributed by atoms with Crippen molar-refractivity contribution in [2.75, 3.05) is 12.3 Å². The van der Waals surface area contributed by atoms with Gasteiger partial charge in [-0.05, 0) is 31.0 Å². The molecule has 112 valence electrons. The van der Waals surface area contributed by atoms with Crippen LogP contribution in [0, 0.1) is 6.92 Å². The van der Waals surface area contributed by atoms with Crippen LogP contribution in [0.1, 0.15) is 17.0 Å². The van der Waals surface area contributed by atoms with Gasteiger partial charge in [-0.1, -0.05) is 23.7 Å². The normalized spacial score (nSPS) is 10.6. The average Bonchev–Trinajstić information content (AvgIpc) is 2.85. The summed E-state index contributed by atoms with van der Waals surface area (Å²) in [6.45, 7) is 2.56. The average molecular weight is 342 g/mol. The fourth-order valence-electron chi connectivity index (χ4n) is 1.71. The van der Waals surface area contributed by atoms with Crippen molar-refractivity contribution in [3.8, 4) is 0 Å². The summed E-state index contributed by atoms with van der Waals surface area (Å²) in [5.74, 6) is 1.21. The van der Waals surface area contributed by atoms with Crippen LogP contribution in [-0.2, 0) is 17.0 Å². The van der Waals surface area contributed by atoms with E-state index in [1.807, 2.05) is 31.2 Å². The number of amides is 1. The first-order valence-corrected chi connectivity index (χ1v) is 8.78. The number of aryl methyl sites for hydroxylation is 1. The monoisotopic (exact) mass is 341 g/mol. The Bertz CT molecular complexity index is 603. The number of carbonyl (C=O) groups excluding carboxylic acids is 1. The number of nitrogens with one attached hydrogen (secondary N) is 1. The molecule has 7 heteroatoms. The van der Waals surface area contributed by atoms with Crippen molar-refractivity contribution in [3.63, 3.8) is 0 Å². The number of carbonyl (C=O) groups is 1.